The second-order valence-corrected chi connectivity index (χ2v) is 4.57. The van der Waals surface area contributed by atoms with E-state index in [1.165, 1.54) is 11.3 Å². The van der Waals surface area contributed by atoms with E-state index in [4.69, 9.17) is 9.84 Å². The maximum atomic E-state index is 8.96. The van der Waals surface area contributed by atoms with Crippen molar-refractivity contribution in [2.45, 2.75) is 13.0 Å². The van der Waals surface area contributed by atoms with Crippen molar-refractivity contribution < 1.29 is 9.84 Å². The number of hydrogen-bond acceptors (Lipinski definition) is 4. The van der Waals surface area contributed by atoms with E-state index in [9.17, 15) is 0 Å². The quantitative estimate of drug-likeness (QED) is 0.883. The minimum absolute atomic E-state index is 0.0591. The van der Waals surface area contributed by atoms with Crippen molar-refractivity contribution in [2.75, 3.05) is 7.11 Å². The zero-order valence-electron chi connectivity index (χ0n) is 9.01. The molecule has 0 aliphatic heterocycles. The van der Waals surface area contributed by atoms with Crippen LogP contribution in [0, 0.1) is 0 Å². The molecule has 0 atom stereocenters. The molecule has 2 aromatic rings. The Labute approximate surface area is 98.4 Å². The maximum Gasteiger partial charge on any atom is 0.122 e. The Morgan fingerprint density at radius 1 is 1.38 bits per heavy atom. The molecule has 1 aromatic carbocycles. The first-order valence-electron chi connectivity index (χ1n) is 5.00. The second-order valence-electron chi connectivity index (χ2n) is 3.37. The molecular weight excluding hydrogens is 222 g/mol. The molecule has 0 fully saturated rings. The number of nitrogens with zero attached hydrogens (tertiary/aromatic N) is 1. The minimum atomic E-state index is 0.0591. The van der Waals surface area contributed by atoms with E-state index < -0.39 is 0 Å². The number of methoxy groups -OCH3 is 1. The lowest BCUT2D eigenvalue weighted by molar-refractivity contribution is 0.285. The number of thiazole rings is 1. The maximum absolute atomic E-state index is 8.96. The second kappa shape index (κ2) is 5.09. The molecule has 4 heteroatoms. The van der Waals surface area contributed by atoms with Gasteiger partial charge in [-0.25, -0.2) is 4.98 Å². The summed E-state index contributed by atoms with van der Waals surface area (Å²) in [6.07, 6.45) is 2.46. The summed E-state index contributed by atoms with van der Waals surface area (Å²) in [6.45, 7) is 0.0591. The van der Waals surface area contributed by atoms with Crippen LogP contribution in [-0.2, 0) is 13.0 Å². The Morgan fingerprint density at radius 2 is 2.19 bits per heavy atom. The fourth-order valence-corrected chi connectivity index (χ4v) is 2.32. The fourth-order valence-electron chi connectivity index (χ4n) is 1.51. The first-order valence-corrected chi connectivity index (χ1v) is 5.81. The molecule has 1 heterocycles. The van der Waals surface area contributed by atoms with Gasteiger partial charge in [-0.05, 0) is 6.07 Å². The van der Waals surface area contributed by atoms with Crippen LogP contribution < -0.4 is 4.74 Å². The number of hydrogen-bond donors (Lipinski definition) is 1. The summed E-state index contributed by atoms with van der Waals surface area (Å²) < 4.78 is 5.28. The molecule has 84 valence electrons. The Hall–Kier alpha value is -1.39. The summed E-state index contributed by atoms with van der Waals surface area (Å²) in [6, 6.07) is 7.90. The largest absolute Gasteiger partial charge is 0.496 e. The van der Waals surface area contributed by atoms with Gasteiger partial charge in [-0.3, -0.25) is 0 Å². The lowest BCUT2D eigenvalue weighted by atomic mass is 10.1. The van der Waals surface area contributed by atoms with Crippen LogP contribution in [0.2, 0.25) is 0 Å². The van der Waals surface area contributed by atoms with E-state index in [2.05, 4.69) is 4.98 Å². The van der Waals surface area contributed by atoms with Crippen molar-refractivity contribution in [3.63, 3.8) is 0 Å². The number of aromatic nitrogens is 1. The molecule has 0 radical (unpaired) electrons. The van der Waals surface area contributed by atoms with Crippen LogP contribution in [0.1, 0.15) is 15.4 Å². The van der Waals surface area contributed by atoms with E-state index in [1.807, 2.05) is 24.3 Å². The lowest BCUT2D eigenvalue weighted by Gasteiger charge is -2.05. The SMILES string of the molecule is COc1ccccc1Cc1ncc(CO)s1. The van der Waals surface area contributed by atoms with Gasteiger partial charge in [-0.15, -0.1) is 11.3 Å². The van der Waals surface area contributed by atoms with Crippen LogP contribution in [0.4, 0.5) is 0 Å². The highest BCUT2D eigenvalue weighted by molar-refractivity contribution is 7.11. The summed E-state index contributed by atoms with van der Waals surface area (Å²) in [5.74, 6) is 0.878. The summed E-state index contributed by atoms with van der Waals surface area (Å²) in [4.78, 5) is 5.15. The summed E-state index contributed by atoms with van der Waals surface area (Å²) >= 11 is 1.53. The number of rotatable bonds is 4. The monoisotopic (exact) mass is 235 g/mol. The molecule has 1 N–H and O–H groups in total. The number of aliphatic hydroxyl groups excluding tert-OH is 1. The third-order valence-corrected chi connectivity index (χ3v) is 3.27. The van der Waals surface area contributed by atoms with Gasteiger partial charge in [0.1, 0.15) is 5.75 Å². The number of ether oxygens (including phenoxy) is 1. The van der Waals surface area contributed by atoms with Crippen LogP contribution >= 0.6 is 11.3 Å². The smallest absolute Gasteiger partial charge is 0.122 e. The molecule has 0 spiro atoms. The van der Waals surface area contributed by atoms with Crippen molar-refractivity contribution in [2.24, 2.45) is 0 Å². The molecule has 0 saturated heterocycles. The first-order chi connectivity index (χ1) is 7.83. The van der Waals surface area contributed by atoms with Gasteiger partial charge in [-0.1, -0.05) is 18.2 Å². The third-order valence-electron chi connectivity index (χ3n) is 2.29. The van der Waals surface area contributed by atoms with Crippen molar-refractivity contribution in [3.05, 3.63) is 45.9 Å². The van der Waals surface area contributed by atoms with Crippen molar-refractivity contribution in [1.29, 1.82) is 0 Å². The Bertz CT molecular complexity index is 468. The van der Waals surface area contributed by atoms with Gasteiger partial charge in [0, 0.05) is 18.2 Å². The molecule has 0 unspecified atom stereocenters. The van der Waals surface area contributed by atoms with Crippen molar-refractivity contribution >= 4 is 11.3 Å². The average Bonchev–Trinajstić information content (AvgIpc) is 2.77. The Balaban J connectivity index is 2.19. The van der Waals surface area contributed by atoms with E-state index in [0.717, 1.165) is 27.6 Å². The molecule has 0 bridgehead atoms. The van der Waals surface area contributed by atoms with Crippen molar-refractivity contribution in [1.82, 2.24) is 4.98 Å². The van der Waals surface area contributed by atoms with Crippen LogP contribution in [-0.4, -0.2) is 17.2 Å². The third kappa shape index (κ3) is 2.40. The van der Waals surface area contributed by atoms with Gasteiger partial charge in [0.2, 0.25) is 0 Å². The fraction of sp³-hybridized carbons (Fsp3) is 0.250. The molecule has 0 amide bonds. The van der Waals surface area contributed by atoms with E-state index >= 15 is 0 Å². The molecular formula is C12H13NO2S. The minimum Gasteiger partial charge on any atom is -0.496 e. The van der Waals surface area contributed by atoms with Gasteiger partial charge >= 0.3 is 0 Å². The average molecular weight is 235 g/mol. The molecule has 1 aromatic heterocycles. The Kier molecular flexibility index (Phi) is 3.54. The normalized spacial score (nSPS) is 10.4. The highest BCUT2D eigenvalue weighted by Gasteiger charge is 2.06. The predicted octanol–water partition coefficient (Wildman–Crippen LogP) is 2.23. The van der Waals surface area contributed by atoms with E-state index in [0.29, 0.717) is 0 Å². The van der Waals surface area contributed by atoms with Gasteiger partial charge in [0.15, 0.2) is 0 Å². The van der Waals surface area contributed by atoms with E-state index in [-0.39, 0.29) is 6.61 Å². The van der Waals surface area contributed by atoms with Gasteiger partial charge < -0.3 is 9.84 Å². The number of para-hydroxylation sites is 1. The molecule has 0 saturated carbocycles. The zero-order chi connectivity index (χ0) is 11.4. The van der Waals surface area contributed by atoms with E-state index in [1.54, 1.807) is 13.3 Å². The highest BCUT2D eigenvalue weighted by atomic mass is 32.1. The van der Waals surface area contributed by atoms with Crippen LogP contribution in [0.5, 0.6) is 5.75 Å². The molecule has 0 aliphatic rings. The van der Waals surface area contributed by atoms with Crippen molar-refractivity contribution in [3.8, 4) is 5.75 Å². The number of benzene rings is 1. The Morgan fingerprint density at radius 3 is 2.88 bits per heavy atom. The topological polar surface area (TPSA) is 42.4 Å². The highest BCUT2D eigenvalue weighted by Crippen LogP contribution is 2.23. The molecule has 3 nitrogen and oxygen atoms in total. The molecule has 16 heavy (non-hydrogen) atoms. The van der Waals surface area contributed by atoms with Crippen LogP contribution in [0.25, 0.3) is 0 Å². The summed E-state index contributed by atoms with van der Waals surface area (Å²) in [5, 5.41) is 9.96. The first kappa shape index (κ1) is 11.1. The molecule has 2 rings (SSSR count). The van der Waals surface area contributed by atoms with Crippen LogP contribution in [0.3, 0.4) is 0 Å². The van der Waals surface area contributed by atoms with Gasteiger partial charge in [0.25, 0.3) is 0 Å². The lowest BCUT2D eigenvalue weighted by Crippen LogP contribution is -1.92. The molecule has 0 aliphatic carbocycles. The summed E-state index contributed by atoms with van der Waals surface area (Å²) in [5.41, 5.74) is 1.11. The van der Waals surface area contributed by atoms with Crippen LogP contribution in [0.15, 0.2) is 30.5 Å². The predicted molar refractivity (Wildman–Crippen MR) is 63.8 cm³/mol. The summed E-state index contributed by atoms with van der Waals surface area (Å²) in [7, 11) is 1.67. The number of aliphatic hydroxyl groups is 1. The van der Waals surface area contributed by atoms with Gasteiger partial charge in [-0.2, -0.15) is 0 Å². The zero-order valence-corrected chi connectivity index (χ0v) is 9.83. The van der Waals surface area contributed by atoms with Gasteiger partial charge in [0.05, 0.1) is 23.6 Å². The standard InChI is InChI=1S/C12H13NO2S/c1-15-11-5-3-2-4-9(11)6-12-13-7-10(8-14)16-12/h2-5,7,14H,6,8H2,1H3.